The average Bonchev–Trinajstić information content (AvgIpc) is 3.96. The van der Waals surface area contributed by atoms with E-state index in [0.717, 1.165) is 28.4 Å². The minimum Gasteiger partial charge on any atom is -0.344 e. The Morgan fingerprint density at radius 2 is 1.12 bits per heavy atom. The van der Waals surface area contributed by atoms with Crippen LogP contribution in [0.2, 0.25) is 0 Å². The van der Waals surface area contributed by atoms with Crippen molar-refractivity contribution in [1.82, 2.24) is 9.88 Å². The number of fused-ring (bicyclic) bond motifs is 9. The molecule has 1 atom stereocenters. The van der Waals surface area contributed by atoms with E-state index in [2.05, 4.69) is 168 Å². The van der Waals surface area contributed by atoms with E-state index >= 15 is 0 Å². The normalized spacial score (nSPS) is 14.5. The molecule has 8 aromatic carbocycles. The highest BCUT2D eigenvalue weighted by atomic mass is 32.1. The lowest BCUT2D eigenvalue weighted by atomic mass is 9.98. The van der Waals surface area contributed by atoms with E-state index in [0.29, 0.717) is 0 Å². The van der Waals surface area contributed by atoms with Crippen LogP contribution in [0.3, 0.4) is 0 Å². The van der Waals surface area contributed by atoms with Gasteiger partial charge in [0.05, 0.1) is 21.4 Å². The monoisotopic (exact) mass is 764 g/mol. The van der Waals surface area contributed by atoms with Gasteiger partial charge in [0.25, 0.3) is 0 Å². The third-order valence-corrected chi connectivity index (χ3v) is 13.7. The van der Waals surface area contributed by atoms with Crippen LogP contribution in [-0.4, -0.2) is 16.2 Å². The molecule has 0 radical (unpaired) electrons. The fourth-order valence-corrected chi connectivity index (χ4v) is 11.2. The number of hydrogen-bond donors (Lipinski definition) is 1. The molecule has 0 saturated carbocycles. The number of hydrogen-bond acceptors (Lipinski definition) is 5. The van der Waals surface area contributed by atoms with Gasteiger partial charge in [0, 0.05) is 57.5 Å². The van der Waals surface area contributed by atoms with Crippen LogP contribution in [-0.2, 0) is 0 Å². The lowest BCUT2D eigenvalue weighted by Crippen LogP contribution is -2.33. The van der Waals surface area contributed by atoms with E-state index in [1.807, 2.05) is 46.9 Å². The van der Waals surface area contributed by atoms with Crippen molar-refractivity contribution in [3.8, 4) is 16.8 Å². The molecule has 0 saturated heterocycles. The second-order valence-electron chi connectivity index (χ2n) is 14.5. The number of para-hydroxylation sites is 2. The molecule has 0 aliphatic carbocycles. The third-order valence-electron chi connectivity index (χ3n) is 11.3. The van der Waals surface area contributed by atoms with E-state index in [1.165, 1.54) is 79.0 Å². The van der Waals surface area contributed by atoms with Crippen LogP contribution in [0.4, 0.5) is 0 Å². The molecule has 57 heavy (non-hydrogen) atoms. The van der Waals surface area contributed by atoms with Crippen LogP contribution in [0, 0.1) is 0 Å². The summed E-state index contributed by atoms with van der Waals surface area (Å²) >= 11 is 3.72. The minimum atomic E-state index is -0.249. The maximum Gasteiger partial charge on any atom is 0.159 e. The first-order valence-corrected chi connectivity index (χ1v) is 20.8. The molecule has 0 spiro atoms. The van der Waals surface area contributed by atoms with Crippen molar-refractivity contribution < 1.29 is 0 Å². The highest BCUT2D eigenvalue weighted by Gasteiger charge is 2.24. The van der Waals surface area contributed by atoms with E-state index in [4.69, 9.17) is 9.98 Å². The first-order chi connectivity index (χ1) is 28.3. The predicted molar refractivity (Wildman–Crippen MR) is 244 cm³/mol. The quantitative estimate of drug-likeness (QED) is 0.186. The number of rotatable bonds is 5. The maximum atomic E-state index is 5.16. The van der Waals surface area contributed by atoms with Crippen molar-refractivity contribution in [3.63, 3.8) is 0 Å². The van der Waals surface area contributed by atoms with E-state index in [-0.39, 0.29) is 6.17 Å². The van der Waals surface area contributed by atoms with Gasteiger partial charge in [0.1, 0.15) is 12.0 Å². The Labute approximate surface area is 336 Å². The lowest BCUT2D eigenvalue weighted by Gasteiger charge is -2.24. The molecular formula is C51H32N4S2. The van der Waals surface area contributed by atoms with Crippen molar-refractivity contribution >= 4 is 96.5 Å². The van der Waals surface area contributed by atoms with Gasteiger partial charge in [-0.25, -0.2) is 9.98 Å². The number of thiophene rings is 2. The molecule has 1 unspecified atom stereocenters. The number of amidine groups is 2. The number of nitrogens with zero attached hydrogens (tertiary/aromatic N) is 3. The summed E-state index contributed by atoms with van der Waals surface area (Å²) in [6, 6.07) is 65.4. The molecule has 6 heteroatoms. The molecule has 3 aromatic heterocycles. The van der Waals surface area contributed by atoms with Crippen LogP contribution >= 0.6 is 22.7 Å². The molecule has 12 rings (SSSR count). The van der Waals surface area contributed by atoms with Gasteiger partial charge in [-0.1, -0.05) is 146 Å². The smallest absolute Gasteiger partial charge is 0.159 e. The van der Waals surface area contributed by atoms with E-state index < -0.39 is 0 Å². The maximum absolute atomic E-state index is 5.16. The highest BCUT2D eigenvalue weighted by Crippen LogP contribution is 2.45. The fourth-order valence-electron chi connectivity index (χ4n) is 8.69. The second kappa shape index (κ2) is 12.8. The zero-order valence-electron chi connectivity index (χ0n) is 30.6. The largest absolute Gasteiger partial charge is 0.344 e. The second-order valence-corrected chi connectivity index (χ2v) is 16.6. The van der Waals surface area contributed by atoms with Crippen LogP contribution < -0.4 is 5.32 Å². The topological polar surface area (TPSA) is 41.7 Å². The summed E-state index contributed by atoms with van der Waals surface area (Å²) in [5.41, 5.74) is 9.34. The Bertz CT molecular complexity index is 3390. The summed E-state index contributed by atoms with van der Waals surface area (Å²) in [4.78, 5) is 10.2. The summed E-state index contributed by atoms with van der Waals surface area (Å²) in [6.07, 6.45) is -0.249. The standard InChI is InChI=1S/C51H32N4S2/c1-3-14-31(15-4-1)49-52-50(32-16-5-2-6-17-32)54-51(53-49)40-23-11-21-38-37-29-28-33(30-45(37)57-47(38)40)34-20-13-27-44-46(34)39-22-12-26-43(48(39)56-44)55-41-24-9-7-18-35(41)36-19-8-10-25-42(36)55/h1-30,49H,(H,52,53,54). The first-order valence-electron chi connectivity index (χ1n) is 19.2. The number of aromatic nitrogens is 1. The van der Waals surface area contributed by atoms with E-state index in [9.17, 15) is 0 Å². The number of benzene rings is 8. The van der Waals surface area contributed by atoms with Gasteiger partial charge < -0.3 is 9.88 Å². The molecule has 1 aliphatic rings. The van der Waals surface area contributed by atoms with Crippen molar-refractivity contribution in [2.75, 3.05) is 0 Å². The van der Waals surface area contributed by atoms with Crippen LogP contribution in [0.15, 0.2) is 192 Å². The highest BCUT2D eigenvalue weighted by molar-refractivity contribution is 7.26. The Kier molecular flexibility index (Phi) is 7.30. The Balaban J connectivity index is 1.00. The lowest BCUT2D eigenvalue weighted by molar-refractivity contribution is 0.674. The van der Waals surface area contributed by atoms with E-state index in [1.54, 1.807) is 0 Å². The zero-order valence-corrected chi connectivity index (χ0v) is 32.2. The first kappa shape index (κ1) is 32.4. The van der Waals surface area contributed by atoms with Gasteiger partial charge in [0.2, 0.25) is 0 Å². The summed E-state index contributed by atoms with van der Waals surface area (Å²) in [5.74, 6) is 1.57. The molecule has 1 N–H and O–H groups in total. The van der Waals surface area contributed by atoms with Crippen LogP contribution in [0.1, 0.15) is 22.9 Å². The summed E-state index contributed by atoms with van der Waals surface area (Å²) in [6.45, 7) is 0. The average molecular weight is 765 g/mol. The van der Waals surface area contributed by atoms with Crippen LogP contribution in [0.25, 0.3) is 79.0 Å². The van der Waals surface area contributed by atoms with Crippen molar-refractivity contribution in [2.45, 2.75) is 6.17 Å². The predicted octanol–water partition coefficient (Wildman–Crippen LogP) is 13.7. The van der Waals surface area contributed by atoms with Gasteiger partial charge in [-0.2, -0.15) is 0 Å². The molecule has 11 aromatic rings. The zero-order chi connectivity index (χ0) is 37.5. The molecule has 0 amide bonds. The van der Waals surface area contributed by atoms with Gasteiger partial charge in [0.15, 0.2) is 5.84 Å². The summed E-state index contributed by atoms with van der Waals surface area (Å²) in [5, 5.41) is 11.3. The molecule has 4 heterocycles. The number of nitrogens with one attached hydrogen (secondary N) is 1. The Hall–Kier alpha value is -6.86. The van der Waals surface area contributed by atoms with Gasteiger partial charge in [-0.15, -0.1) is 22.7 Å². The molecular weight excluding hydrogens is 733 g/mol. The van der Waals surface area contributed by atoms with Crippen molar-refractivity contribution in [3.05, 3.63) is 199 Å². The van der Waals surface area contributed by atoms with Gasteiger partial charge >= 0.3 is 0 Å². The van der Waals surface area contributed by atoms with Gasteiger partial charge in [-0.3, -0.25) is 0 Å². The minimum absolute atomic E-state index is 0.249. The fraction of sp³-hybridized carbons (Fsp3) is 0.0196. The molecule has 268 valence electrons. The van der Waals surface area contributed by atoms with Crippen molar-refractivity contribution in [2.24, 2.45) is 9.98 Å². The molecule has 4 nitrogen and oxygen atoms in total. The van der Waals surface area contributed by atoms with Crippen molar-refractivity contribution in [1.29, 1.82) is 0 Å². The molecule has 1 aliphatic heterocycles. The number of aliphatic imine (C=N–C) groups is 2. The van der Waals surface area contributed by atoms with Crippen LogP contribution in [0.5, 0.6) is 0 Å². The third kappa shape index (κ3) is 5.11. The summed E-state index contributed by atoms with van der Waals surface area (Å²) in [7, 11) is 0. The SMILES string of the molecule is c1ccc(C2=NC(c3ccccc3)NC(c3cccc4c3sc3cc(-c5cccc6sc7c(-n8c9ccccc9c9ccccc98)cccc7c56)ccc34)=N2)cc1. The molecule has 0 fully saturated rings. The molecule has 0 bridgehead atoms. The van der Waals surface area contributed by atoms with Gasteiger partial charge in [-0.05, 0) is 53.1 Å². The summed E-state index contributed by atoms with van der Waals surface area (Å²) < 4.78 is 7.51. The Morgan fingerprint density at radius 3 is 1.93 bits per heavy atom. The Morgan fingerprint density at radius 1 is 0.474 bits per heavy atom.